The van der Waals surface area contributed by atoms with Crippen LogP contribution in [0.4, 0.5) is 0 Å². The van der Waals surface area contributed by atoms with Gasteiger partial charge in [-0.15, -0.1) is 11.3 Å². The van der Waals surface area contributed by atoms with Crippen LogP contribution in [0.5, 0.6) is 0 Å². The van der Waals surface area contributed by atoms with Gasteiger partial charge in [-0.1, -0.05) is 18.2 Å². The number of fused-ring (bicyclic) bond motifs is 1. The molecule has 0 aliphatic rings. The fourth-order valence-electron chi connectivity index (χ4n) is 2.53. The first kappa shape index (κ1) is 18.0. The monoisotopic (exact) mass is 370 g/mol. The number of nitrogens with zero attached hydrogens (tertiary/aromatic N) is 1. The molecule has 1 N–H and O–H groups in total. The summed E-state index contributed by atoms with van der Waals surface area (Å²) in [5.41, 5.74) is 0.387. The van der Waals surface area contributed by atoms with Crippen LogP contribution >= 0.6 is 11.3 Å². The predicted octanol–water partition coefficient (Wildman–Crippen LogP) is 3.12. The molecule has 0 unspecified atom stereocenters. The summed E-state index contributed by atoms with van der Waals surface area (Å²) in [7, 11) is 0. The van der Waals surface area contributed by atoms with Crippen molar-refractivity contribution >= 4 is 34.0 Å². The molecule has 7 heteroatoms. The van der Waals surface area contributed by atoms with Gasteiger partial charge in [0.15, 0.2) is 5.78 Å². The highest BCUT2D eigenvalue weighted by molar-refractivity contribution is 7.12. The Morgan fingerprint density at radius 2 is 1.96 bits per heavy atom. The van der Waals surface area contributed by atoms with Crippen molar-refractivity contribution in [1.29, 1.82) is 0 Å². The van der Waals surface area contributed by atoms with Gasteiger partial charge in [-0.05, 0) is 30.0 Å². The van der Waals surface area contributed by atoms with E-state index in [1.807, 2.05) is 17.5 Å². The van der Waals surface area contributed by atoms with Gasteiger partial charge in [-0.2, -0.15) is 0 Å². The molecule has 0 bridgehead atoms. The van der Waals surface area contributed by atoms with Crippen LogP contribution in [-0.4, -0.2) is 28.3 Å². The lowest BCUT2D eigenvalue weighted by molar-refractivity contribution is -0.143. The number of aromatic amines is 1. The van der Waals surface area contributed by atoms with Crippen molar-refractivity contribution in [2.75, 3.05) is 6.61 Å². The molecule has 0 aliphatic heterocycles. The number of Topliss-reactive ketones (excluding diaryl/α,β-unsaturated/α-hetero) is 1. The maximum absolute atomic E-state index is 12.0. The summed E-state index contributed by atoms with van der Waals surface area (Å²) < 4.78 is 5.14. The fourth-order valence-corrected chi connectivity index (χ4v) is 3.22. The number of hydrogen-bond donors (Lipinski definition) is 1. The Hall–Kier alpha value is -2.80. The molecule has 0 saturated carbocycles. The zero-order valence-corrected chi connectivity index (χ0v) is 14.9. The number of ether oxygens (including phenoxy) is 1. The van der Waals surface area contributed by atoms with E-state index in [0.717, 1.165) is 4.88 Å². The van der Waals surface area contributed by atoms with E-state index in [1.54, 1.807) is 24.3 Å². The van der Waals surface area contributed by atoms with Crippen LogP contribution in [0.15, 0.2) is 46.6 Å². The van der Waals surface area contributed by atoms with Crippen molar-refractivity contribution in [1.82, 2.24) is 9.97 Å². The standard InChI is InChI=1S/C19H18N2O4S/c22-15(16-8-4-12-26-16)7-3-11-25-18(23)10-9-17-20-14-6-2-1-5-13(14)19(24)21-17/h1-2,4-6,8,12H,3,7,9-11H2,(H,20,21,24). The number of esters is 1. The van der Waals surface area contributed by atoms with Crippen LogP contribution in [0.2, 0.25) is 0 Å². The van der Waals surface area contributed by atoms with Crippen molar-refractivity contribution < 1.29 is 14.3 Å². The Morgan fingerprint density at radius 3 is 2.77 bits per heavy atom. The van der Waals surface area contributed by atoms with E-state index in [4.69, 9.17) is 4.74 Å². The molecule has 1 aromatic carbocycles. The molecule has 3 rings (SSSR count). The lowest BCUT2D eigenvalue weighted by Gasteiger charge is -2.05. The summed E-state index contributed by atoms with van der Waals surface area (Å²) in [6, 6.07) is 10.7. The lowest BCUT2D eigenvalue weighted by atomic mass is 10.2. The highest BCUT2D eigenvalue weighted by atomic mass is 32.1. The number of carbonyl (C=O) groups is 2. The first-order valence-electron chi connectivity index (χ1n) is 8.34. The van der Waals surface area contributed by atoms with E-state index in [9.17, 15) is 14.4 Å². The van der Waals surface area contributed by atoms with Crippen molar-refractivity contribution in [3.05, 3.63) is 62.8 Å². The van der Waals surface area contributed by atoms with Crippen LogP contribution in [0.3, 0.4) is 0 Å². The molecule has 0 saturated heterocycles. The number of rotatable bonds is 8. The third-order valence-corrected chi connectivity index (χ3v) is 4.75. The molecule has 0 radical (unpaired) electrons. The number of para-hydroxylation sites is 1. The minimum Gasteiger partial charge on any atom is -0.466 e. The molecule has 0 fully saturated rings. The van der Waals surface area contributed by atoms with Crippen molar-refractivity contribution in [2.45, 2.75) is 25.7 Å². The summed E-state index contributed by atoms with van der Waals surface area (Å²) in [6.07, 6.45) is 1.27. The molecule has 0 spiro atoms. The third kappa shape index (κ3) is 4.64. The zero-order valence-electron chi connectivity index (χ0n) is 14.1. The quantitative estimate of drug-likeness (QED) is 0.374. The maximum Gasteiger partial charge on any atom is 0.306 e. The number of aromatic nitrogens is 2. The van der Waals surface area contributed by atoms with E-state index < -0.39 is 0 Å². The van der Waals surface area contributed by atoms with Gasteiger partial charge in [0.2, 0.25) is 0 Å². The summed E-state index contributed by atoms with van der Waals surface area (Å²) >= 11 is 1.41. The van der Waals surface area contributed by atoms with Gasteiger partial charge in [-0.3, -0.25) is 14.4 Å². The van der Waals surface area contributed by atoms with Crippen molar-refractivity contribution in [3.8, 4) is 0 Å². The Bertz CT molecular complexity index is 963. The lowest BCUT2D eigenvalue weighted by Crippen LogP contribution is -2.14. The number of benzene rings is 1. The Labute approximate surface area is 153 Å². The summed E-state index contributed by atoms with van der Waals surface area (Å²) in [4.78, 5) is 43.4. The van der Waals surface area contributed by atoms with Gasteiger partial charge in [-0.25, -0.2) is 4.98 Å². The van der Waals surface area contributed by atoms with Crippen LogP contribution < -0.4 is 5.56 Å². The highest BCUT2D eigenvalue weighted by Crippen LogP contribution is 2.12. The second-order valence-electron chi connectivity index (χ2n) is 5.75. The van der Waals surface area contributed by atoms with Gasteiger partial charge in [0.1, 0.15) is 5.82 Å². The molecule has 0 amide bonds. The van der Waals surface area contributed by atoms with Gasteiger partial charge in [0.25, 0.3) is 5.56 Å². The highest BCUT2D eigenvalue weighted by Gasteiger charge is 2.09. The fraction of sp³-hybridized carbons (Fsp3) is 0.263. The topological polar surface area (TPSA) is 89.1 Å². The number of hydrogen-bond acceptors (Lipinski definition) is 6. The summed E-state index contributed by atoms with van der Waals surface area (Å²) in [6.45, 7) is 0.206. The van der Waals surface area contributed by atoms with Gasteiger partial charge >= 0.3 is 5.97 Å². The van der Waals surface area contributed by atoms with Crippen LogP contribution in [-0.2, 0) is 16.0 Å². The molecule has 0 atom stereocenters. The van der Waals surface area contributed by atoms with Crippen molar-refractivity contribution in [2.24, 2.45) is 0 Å². The first-order valence-corrected chi connectivity index (χ1v) is 9.22. The van der Waals surface area contributed by atoms with Crippen molar-refractivity contribution in [3.63, 3.8) is 0 Å². The molecular formula is C19H18N2O4S. The number of carbonyl (C=O) groups excluding carboxylic acids is 2. The number of aryl methyl sites for hydroxylation is 1. The number of H-pyrrole nitrogens is 1. The van der Waals surface area contributed by atoms with E-state index in [0.29, 0.717) is 36.0 Å². The van der Waals surface area contributed by atoms with Gasteiger partial charge in [0, 0.05) is 12.8 Å². The van der Waals surface area contributed by atoms with Gasteiger partial charge in [0.05, 0.1) is 28.8 Å². The molecular weight excluding hydrogens is 352 g/mol. The average molecular weight is 370 g/mol. The molecule has 134 valence electrons. The number of nitrogens with one attached hydrogen (secondary N) is 1. The minimum absolute atomic E-state index is 0.0639. The Kier molecular flexibility index (Phi) is 5.91. The van der Waals surface area contributed by atoms with Crippen LogP contribution in [0, 0.1) is 0 Å². The normalized spacial score (nSPS) is 10.8. The Balaban J connectivity index is 1.43. The smallest absolute Gasteiger partial charge is 0.306 e. The van der Waals surface area contributed by atoms with E-state index in [2.05, 4.69) is 9.97 Å². The molecule has 6 nitrogen and oxygen atoms in total. The average Bonchev–Trinajstić information content (AvgIpc) is 3.18. The summed E-state index contributed by atoms with van der Waals surface area (Å²) in [5.74, 6) is 0.150. The van der Waals surface area contributed by atoms with Gasteiger partial charge < -0.3 is 9.72 Å². The molecule has 2 aromatic heterocycles. The van der Waals surface area contributed by atoms with E-state index in [-0.39, 0.29) is 30.3 Å². The van der Waals surface area contributed by atoms with E-state index in [1.165, 1.54) is 11.3 Å². The second-order valence-corrected chi connectivity index (χ2v) is 6.70. The number of ketones is 1. The second kappa shape index (κ2) is 8.53. The summed E-state index contributed by atoms with van der Waals surface area (Å²) in [5, 5.41) is 2.38. The van der Waals surface area contributed by atoms with E-state index >= 15 is 0 Å². The molecule has 2 heterocycles. The first-order chi connectivity index (χ1) is 12.6. The van der Waals surface area contributed by atoms with Crippen LogP contribution in [0.25, 0.3) is 10.9 Å². The molecule has 0 aliphatic carbocycles. The predicted molar refractivity (Wildman–Crippen MR) is 99.5 cm³/mol. The largest absolute Gasteiger partial charge is 0.466 e. The van der Waals surface area contributed by atoms with Crippen LogP contribution in [0.1, 0.15) is 34.8 Å². The number of thiophene rings is 1. The third-order valence-electron chi connectivity index (χ3n) is 3.84. The Morgan fingerprint density at radius 1 is 1.12 bits per heavy atom. The SMILES string of the molecule is O=C(CCc1nc2ccccc2c(=O)[nH]1)OCCCC(=O)c1cccs1. The minimum atomic E-state index is -0.371. The maximum atomic E-state index is 12.0. The zero-order chi connectivity index (χ0) is 18.4. The molecule has 26 heavy (non-hydrogen) atoms. The molecule has 3 aromatic rings.